The molecule has 1 saturated heterocycles. The van der Waals surface area contributed by atoms with E-state index in [4.69, 9.17) is 23.9 Å². The fraction of sp³-hybridized carbons (Fsp3) is 0.474. The summed E-state index contributed by atoms with van der Waals surface area (Å²) >= 11 is 0. The number of halogens is 3. The van der Waals surface area contributed by atoms with Gasteiger partial charge in [-0.3, -0.25) is 9.78 Å². The van der Waals surface area contributed by atoms with Crippen LogP contribution in [-0.4, -0.2) is 77.2 Å². The maximum absolute atomic E-state index is 12.7. The quantitative estimate of drug-likeness (QED) is 0.645. The number of ether oxygens (including phenoxy) is 2. The van der Waals surface area contributed by atoms with Gasteiger partial charge in [-0.1, -0.05) is 5.16 Å². The number of carbonyl (C=O) groups excluding carboxylic acids is 1. The van der Waals surface area contributed by atoms with Gasteiger partial charge in [-0.25, -0.2) is 4.79 Å². The minimum Gasteiger partial charge on any atom is -0.475 e. The zero-order chi connectivity index (χ0) is 22.9. The zero-order valence-corrected chi connectivity index (χ0v) is 16.6. The Morgan fingerprint density at radius 3 is 2.45 bits per heavy atom. The van der Waals surface area contributed by atoms with Crippen LogP contribution in [-0.2, 0) is 20.7 Å². The predicted octanol–water partition coefficient (Wildman–Crippen LogP) is 2.19. The lowest BCUT2D eigenvalue weighted by molar-refractivity contribution is -0.192. The monoisotopic (exact) mass is 445 g/mol. The number of methoxy groups -OCH3 is 1. The Hall–Kier alpha value is -2.99. The van der Waals surface area contributed by atoms with E-state index < -0.39 is 12.1 Å². The molecule has 9 nitrogen and oxygen atoms in total. The number of rotatable bonds is 7. The van der Waals surface area contributed by atoms with Gasteiger partial charge >= 0.3 is 12.1 Å². The molecule has 1 amide bonds. The maximum atomic E-state index is 12.7. The SMILES string of the molecule is COCCO[C@H]1CCN(C(=O)c2ccno2)[C@H]1Cc1ccncc1.O=C(O)C(F)(F)F. The minimum absolute atomic E-state index is 0.0276. The molecule has 170 valence electrons. The molecular formula is C19H22F3N3O6. The third-order valence-corrected chi connectivity index (χ3v) is 4.45. The van der Waals surface area contributed by atoms with Gasteiger partial charge in [0.1, 0.15) is 0 Å². The molecule has 0 spiro atoms. The summed E-state index contributed by atoms with van der Waals surface area (Å²) < 4.78 is 47.8. The standard InChI is InChI=1S/C17H21N3O4.C2HF3O2/c1-22-10-11-23-15-5-9-20(17(21)16-4-8-19-24-16)14(15)12-13-2-6-18-7-3-13;3-2(4,5)1(6)7/h2-4,6-8,14-15H,5,9-12H2,1H3;(H,6,7)/t14-,15-;/m0./s1. The second-order valence-corrected chi connectivity index (χ2v) is 6.50. The van der Waals surface area contributed by atoms with Crippen LogP contribution in [0.3, 0.4) is 0 Å². The van der Waals surface area contributed by atoms with E-state index >= 15 is 0 Å². The summed E-state index contributed by atoms with van der Waals surface area (Å²) in [7, 11) is 1.65. The van der Waals surface area contributed by atoms with Crippen LogP contribution in [0.15, 0.2) is 41.3 Å². The van der Waals surface area contributed by atoms with E-state index in [1.807, 2.05) is 17.0 Å². The van der Waals surface area contributed by atoms with E-state index in [9.17, 15) is 18.0 Å². The molecule has 12 heteroatoms. The molecule has 2 aromatic rings. The Bertz CT molecular complexity index is 817. The fourth-order valence-electron chi connectivity index (χ4n) is 3.02. The first-order valence-corrected chi connectivity index (χ1v) is 9.25. The van der Waals surface area contributed by atoms with E-state index in [1.54, 1.807) is 25.6 Å². The summed E-state index contributed by atoms with van der Waals surface area (Å²) in [6.07, 6.45) is 1.38. The third kappa shape index (κ3) is 7.33. The molecule has 1 aliphatic heterocycles. The van der Waals surface area contributed by atoms with Crippen molar-refractivity contribution >= 4 is 11.9 Å². The van der Waals surface area contributed by atoms with Gasteiger partial charge in [0.05, 0.1) is 31.6 Å². The first kappa shape index (κ1) is 24.3. The molecule has 0 bridgehead atoms. The number of alkyl halides is 3. The highest BCUT2D eigenvalue weighted by molar-refractivity contribution is 5.91. The van der Waals surface area contributed by atoms with Crippen LogP contribution < -0.4 is 0 Å². The Morgan fingerprint density at radius 2 is 1.90 bits per heavy atom. The van der Waals surface area contributed by atoms with Crippen LogP contribution in [0.4, 0.5) is 13.2 Å². The molecule has 0 saturated carbocycles. The highest BCUT2D eigenvalue weighted by Crippen LogP contribution is 2.26. The van der Waals surface area contributed by atoms with Crippen molar-refractivity contribution in [2.75, 3.05) is 26.9 Å². The number of pyridine rings is 1. The Labute approximate surface area is 175 Å². The van der Waals surface area contributed by atoms with Crippen LogP contribution in [0.25, 0.3) is 0 Å². The van der Waals surface area contributed by atoms with Crippen LogP contribution in [0.2, 0.25) is 0 Å². The molecule has 0 aromatic carbocycles. The van der Waals surface area contributed by atoms with Crippen molar-refractivity contribution in [1.82, 2.24) is 15.0 Å². The summed E-state index contributed by atoms with van der Waals surface area (Å²) in [6, 6.07) is 5.45. The lowest BCUT2D eigenvalue weighted by Crippen LogP contribution is -2.42. The van der Waals surface area contributed by atoms with Gasteiger partial charge in [-0.05, 0) is 30.5 Å². The maximum Gasteiger partial charge on any atom is 0.490 e. The first-order chi connectivity index (χ1) is 14.7. The largest absolute Gasteiger partial charge is 0.490 e. The molecule has 1 N–H and O–H groups in total. The van der Waals surface area contributed by atoms with Crippen molar-refractivity contribution in [3.8, 4) is 0 Å². The van der Waals surface area contributed by atoms with Gasteiger partial charge in [0, 0.05) is 32.1 Å². The van der Waals surface area contributed by atoms with E-state index in [-0.39, 0.29) is 23.8 Å². The van der Waals surface area contributed by atoms with Crippen molar-refractivity contribution in [2.24, 2.45) is 0 Å². The number of hydrogen-bond acceptors (Lipinski definition) is 7. The number of aromatic nitrogens is 2. The molecule has 1 aliphatic rings. The van der Waals surface area contributed by atoms with Crippen molar-refractivity contribution in [2.45, 2.75) is 31.2 Å². The van der Waals surface area contributed by atoms with Gasteiger partial charge in [0.25, 0.3) is 5.91 Å². The number of carboxylic acids is 1. The summed E-state index contributed by atoms with van der Waals surface area (Å²) in [5.74, 6) is -2.65. The molecule has 3 heterocycles. The molecule has 31 heavy (non-hydrogen) atoms. The lowest BCUT2D eigenvalue weighted by atomic mass is 10.0. The average Bonchev–Trinajstić information content (AvgIpc) is 3.39. The fourth-order valence-corrected chi connectivity index (χ4v) is 3.02. The average molecular weight is 445 g/mol. The van der Waals surface area contributed by atoms with E-state index in [0.29, 0.717) is 26.2 Å². The highest BCUT2D eigenvalue weighted by Gasteiger charge is 2.39. The number of hydrogen-bond donors (Lipinski definition) is 1. The van der Waals surface area contributed by atoms with Crippen molar-refractivity contribution in [3.05, 3.63) is 48.1 Å². The van der Waals surface area contributed by atoms with E-state index in [0.717, 1.165) is 12.0 Å². The number of likely N-dealkylation sites (tertiary alicyclic amines) is 1. The highest BCUT2D eigenvalue weighted by atomic mass is 19.4. The molecule has 1 fully saturated rings. The van der Waals surface area contributed by atoms with E-state index in [2.05, 4.69) is 10.1 Å². The van der Waals surface area contributed by atoms with Gasteiger partial charge < -0.3 is 24.0 Å². The number of nitrogens with zero attached hydrogens (tertiary/aromatic N) is 3. The van der Waals surface area contributed by atoms with Gasteiger partial charge in [-0.15, -0.1) is 0 Å². The van der Waals surface area contributed by atoms with Crippen molar-refractivity contribution in [1.29, 1.82) is 0 Å². The normalized spacial score (nSPS) is 18.4. The molecule has 0 aliphatic carbocycles. The van der Waals surface area contributed by atoms with Gasteiger partial charge in [0.2, 0.25) is 5.76 Å². The summed E-state index contributed by atoms with van der Waals surface area (Å²) in [4.78, 5) is 27.4. The van der Waals surface area contributed by atoms with Crippen molar-refractivity contribution in [3.63, 3.8) is 0 Å². The number of aliphatic carboxylic acids is 1. The predicted molar refractivity (Wildman–Crippen MR) is 99.2 cm³/mol. The van der Waals surface area contributed by atoms with Gasteiger partial charge in [0.15, 0.2) is 0 Å². The minimum atomic E-state index is -5.08. The van der Waals surface area contributed by atoms with Crippen LogP contribution in [0.5, 0.6) is 0 Å². The Morgan fingerprint density at radius 1 is 1.23 bits per heavy atom. The van der Waals surface area contributed by atoms with Crippen LogP contribution in [0.1, 0.15) is 22.5 Å². The van der Waals surface area contributed by atoms with Gasteiger partial charge in [-0.2, -0.15) is 13.2 Å². The van der Waals surface area contributed by atoms with Crippen LogP contribution in [0, 0.1) is 0 Å². The summed E-state index contributed by atoms with van der Waals surface area (Å²) in [6.45, 7) is 1.68. The second kappa shape index (κ2) is 11.4. The summed E-state index contributed by atoms with van der Waals surface area (Å²) in [5.41, 5.74) is 1.12. The number of carbonyl (C=O) groups is 2. The molecule has 0 radical (unpaired) electrons. The van der Waals surface area contributed by atoms with E-state index in [1.165, 1.54) is 6.20 Å². The third-order valence-electron chi connectivity index (χ3n) is 4.45. The topological polar surface area (TPSA) is 115 Å². The Kier molecular flexibility index (Phi) is 8.94. The smallest absolute Gasteiger partial charge is 0.475 e. The number of carboxylic acid groups (broad SMARTS) is 1. The zero-order valence-electron chi connectivity index (χ0n) is 16.6. The summed E-state index contributed by atoms with van der Waals surface area (Å²) in [5, 5.41) is 10.7. The molecular weight excluding hydrogens is 423 g/mol. The lowest BCUT2D eigenvalue weighted by Gasteiger charge is -2.27. The molecule has 0 unspecified atom stereocenters. The second-order valence-electron chi connectivity index (χ2n) is 6.50. The molecule has 2 atom stereocenters. The van der Waals surface area contributed by atoms with Crippen molar-refractivity contribution < 1.29 is 41.9 Å². The molecule has 3 rings (SSSR count). The van der Waals surface area contributed by atoms with Crippen LogP contribution >= 0.6 is 0 Å². The Balaban J connectivity index is 0.000000423. The molecule has 2 aromatic heterocycles. The first-order valence-electron chi connectivity index (χ1n) is 9.25. The number of amides is 1.